The van der Waals surface area contributed by atoms with Crippen molar-refractivity contribution in [1.29, 1.82) is 0 Å². The maximum atomic E-state index is 11.8. The molecule has 27 heavy (non-hydrogen) atoms. The van der Waals surface area contributed by atoms with Crippen LogP contribution in [0.15, 0.2) is 42.6 Å². The van der Waals surface area contributed by atoms with Crippen molar-refractivity contribution in [2.45, 2.75) is 37.4 Å². The Kier molecular flexibility index (Phi) is 6.30. The summed E-state index contributed by atoms with van der Waals surface area (Å²) in [6.45, 7) is -0.0477. The van der Waals surface area contributed by atoms with Crippen molar-refractivity contribution < 1.29 is 24.9 Å². The molecule has 1 aliphatic rings. The van der Waals surface area contributed by atoms with Crippen molar-refractivity contribution in [3.63, 3.8) is 0 Å². The summed E-state index contributed by atoms with van der Waals surface area (Å²) in [6, 6.07) is 8.35. The number of aliphatic hydroxyl groups is 3. The van der Waals surface area contributed by atoms with Crippen LogP contribution in [0.1, 0.15) is 11.3 Å². The molecule has 9 nitrogen and oxygen atoms in total. The molecule has 1 aliphatic heterocycles. The Morgan fingerprint density at radius 3 is 2.67 bits per heavy atom. The van der Waals surface area contributed by atoms with Gasteiger partial charge in [-0.3, -0.25) is 4.68 Å². The molecule has 2 aromatic rings. The lowest BCUT2D eigenvalue weighted by Crippen LogP contribution is -2.38. The Bertz CT molecular complexity index is 779. The van der Waals surface area contributed by atoms with Gasteiger partial charge < -0.3 is 25.4 Å². The fourth-order valence-electron chi connectivity index (χ4n) is 2.89. The second-order valence-electron chi connectivity index (χ2n) is 6.33. The predicted octanol–water partition coefficient (Wildman–Crippen LogP) is -0.911. The maximum Gasteiger partial charge on any atom is 0.331 e. The third-order valence-electron chi connectivity index (χ3n) is 4.34. The summed E-state index contributed by atoms with van der Waals surface area (Å²) in [5, 5.41) is 39.8. The number of aliphatic hydroxyl groups excluding tert-OH is 3. The molecule has 9 heteroatoms. The lowest BCUT2D eigenvalue weighted by Gasteiger charge is -2.15. The average molecular weight is 374 g/mol. The van der Waals surface area contributed by atoms with Crippen LogP contribution in [0.5, 0.6) is 0 Å². The van der Waals surface area contributed by atoms with Crippen LogP contribution in [-0.2, 0) is 22.7 Å². The van der Waals surface area contributed by atoms with Gasteiger partial charge >= 0.3 is 5.97 Å². The minimum Gasteiger partial charge on any atom is -0.456 e. The van der Waals surface area contributed by atoms with E-state index in [1.54, 1.807) is 12.3 Å². The number of nitrogens with one attached hydrogen (secondary N) is 1. The summed E-state index contributed by atoms with van der Waals surface area (Å²) in [5.74, 6) is -0.491. The van der Waals surface area contributed by atoms with Crippen LogP contribution in [0, 0.1) is 0 Å². The molecule has 0 saturated carbocycles. The van der Waals surface area contributed by atoms with Crippen LogP contribution >= 0.6 is 0 Å². The summed E-state index contributed by atoms with van der Waals surface area (Å²) < 4.78 is 6.61. The fraction of sp³-hybridized carbons (Fsp3) is 0.389. The number of carbonyl (C=O) groups excluding carboxylic acids is 1. The molecule has 0 bridgehead atoms. The number of benzene rings is 1. The Hall–Kier alpha value is -2.59. The molecular weight excluding hydrogens is 352 g/mol. The molecule has 0 aliphatic carbocycles. The lowest BCUT2D eigenvalue weighted by molar-refractivity contribution is -0.139. The second kappa shape index (κ2) is 8.87. The highest BCUT2D eigenvalue weighted by Crippen LogP contribution is 2.15. The number of nitrogens with zero attached hydrogens (tertiary/aromatic N) is 3. The number of carbonyl (C=O) groups is 1. The number of hydrogen-bond acceptors (Lipinski definition) is 8. The minimum atomic E-state index is -1.04. The monoisotopic (exact) mass is 374 g/mol. The lowest BCUT2D eigenvalue weighted by atomic mass is 10.1. The van der Waals surface area contributed by atoms with Gasteiger partial charge in [-0.25, -0.2) is 4.79 Å². The largest absolute Gasteiger partial charge is 0.456 e. The van der Waals surface area contributed by atoms with E-state index in [-0.39, 0.29) is 19.8 Å². The number of rotatable bonds is 7. The molecule has 1 aromatic heterocycles. The van der Waals surface area contributed by atoms with Gasteiger partial charge in [-0.05, 0) is 11.6 Å². The third-order valence-corrected chi connectivity index (χ3v) is 4.34. The quantitative estimate of drug-likeness (QED) is 0.362. The highest BCUT2D eigenvalue weighted by molar-refractivity contribution is 5.86. The van der Waals surface area contributed by atoms with Gasteiger partial charge in [-0.2, -0.15) is 0 Å². The Labute approximate surface area is 155 Å². The van der Waals surface area contributed by atoms with E-state index in [1.807, 2.05) is 30.3 Å². The minimum absolute atomic E-state index is 0.0273. The van der Waals surface area contributed by atoms with Crippen LogP contribution in [0.2, 0.25) is 0 Å². The zero-order valence-electron chi connectivity index (χ0n) is 14.5. The van der Waals surface area contributed by atoms with E-state index in [1.165, 1.54) is 10.8 Å². The van der Waals surface area contributed by atoms with E-state index in [0.717, 1.165) is 5.56 Å². The van der Waals surface area contributed by atoms with Crippen LogP contribution in [-0.4, -0.2) is 67.2 Å². The summed E-state index contributed by atoms with van der Waals surface area (Å²) in [4.78, 5) is 11.8. The maximum absolute atomic E-state index is 11.8. The molecule has 2 heterocycles. The first-order valence-corrected chi connectivity index (χ1v) is 8.59. The van der Waals surface area contributed by atoms with Crippen molar-refractivity contribution in [2.24, 2.45) is 0 Å². The predicted molar refractivity (Wildman–Crippen MR) is 95.1 cm³/mol. The van der Waals surface area contributed by atoms with E-state index < -0.39 is 30.3 Å². The van der Waals surface area contributed by atoms with E-state index in [4.69, 9.17) is 9.84 Å². The molecule has 144 valence electrons. The molecule has 0 unspecified atom stereocenters. The molecule has 0 amide bonds. The summed E-state index contributed by atoms with van der Waals surface area (Å²) in [7, 11) is 0. The first-order valence-electron chi connectivity index (χ1n) is 8.59. The van der Waals surface area contributed by atoms with Crippen LogP contribution in [0.3, 0.4) is 0 Å². The van der Waals surface area contributed by atoms with Crippen molar-refractivity contribution in [3.05, 3.63) is 53.9 Å². The van der Waals surface area contributed by atoms with E-state index in [2.05, 4.69) is 15.6 Å². The number of esters is 1. The van der Waals surface area contributed by atoms with Crippen molar-refractivity contribution in [1.82, 2.24) is 20.3 Å². The third kappa shape index (κ3) is 4.98. The first-order chi connectivity index (χ1) is 13.1. The SMILES string of the molecule is O=C(/C=C/c1ccccc1)OCc1cn(C[C@H]2N[C@H](CO)[C@@H](O)[C@@H]2O)nn1. The highest BCUT2D eigenvalue weighted by Gasteiger charge is 2.40. The van der Waals surface area contributed by atoms with Crippen molar-refractivity contribution >= 4 is 12.0 Å². The van der Waals surface area contributed by atoms with Crippen molar-refractivity contribution in [3.8, 4) is 0 Å². The average Bonchev–Trinajstić information content (AvgIpc) is 3.25. The van der Waals surface area contributed by atoms with Gasteiger partial charge in [-0.1, -0.05) is 35.5 Å². The zero-order valence-corrected chi connectivity index (χ0v) is 14.5. The molecule has 1 fully saturated rings. The van der Waals surface area contributed by atoms with Gasteiger partial charge in [0.2, 0.25) is 0 Å². The molecule has 4 N–H and O–H groups in total. The Balaban J connectivity index is 1.48. The number of aromatic nitrogens is 3. The fourth-order valence-corrected chi connectivity index (χ4v) is 2.89. The zero-order chi connectivity index (χ0) is 19.2. The topological polar surface area (TPSA) is 130 Å². The molecular formula is C18H22N4O5. The number of hydrogen-bond donors (Lipinski definition) is 4. The van der Waals surface area contributed by atoms with Gasteiger partial charge in [0.05, 0.1) is 43.6 Å². The Morgan fingerprint density at radius 1 is 1.22 bits per heavy atom. The van der Waals surface area contributed by atoms with Crippen LogP contribution < -0.4 is 5.32 Å². The van der Waals surface area contributed by atoms with Crippen LogP contribution in [0.25, 0.3) is 6.08 Å². The molecule has 3 rings (SSSR count). The smallest absolute Gasteiger partial charge is 0.331 e. The van der Waals surface area contributed by atoms with Crippen LogP contribution in [0.4, 0.5) is 0 Å². The molecule has 0 radical (unpaired) electrons. The summed E-state index contributed by atoms with van der Waals surface area (Å²) in [5.41, 5.74) is 1.36. The van der Waals surface area contributed by atoms with Gasteiger partial charge in [0.1, 0.15) is 12.3 Å². The molecule has 1 saturated heterocycles. The summed E-state index contributed by atoms with van der Waals surface area (Å²) >= 11 is 0. The van der Waals surface area contributed by atoms with E-state index in [9.17, 15) is 15.0 Å². The molecule has 4 atom stereocenters. The summed E-state index contributed by atoms with van der Waals surface area (Å²) in [6.07, 6.45) is 2.54. The standard InChI is InChI=1S/C18H22N4O5/c23-10-15-18(26)17(25)14(19-15)9-22-8-13(20-21-22)11-27-16(24)7-6-12-4-2-1-3-5-12/h1-8,14-15,17-19,23,25-26H,9-11H2/b7-6+/t14-,15-,17-,18-/m1/s1. The van der Waals surface area contributed by atoms with Gasteiger partial charge in [0, 0.05) is 6.08 Å². The van der Waals surface area contributed by atoms with Gasteiger partial charge in [0.15, 0.2) is 0 Å². The highest BCUT2D eigenvalue weighted by atomic mass is 16.5. The van der Waals surface area contributed by atoms with Gasteiger partial charge in [0.25, 0.3) is 0 Å². The number of ether oxygens (including phenoxy) is 1. The second-order valence-corrected chi connectivity index (χ2v) is 6.33. The van der Waals surface area contributed by atoms with Crippen molar-refractivity contribution in [2.75, 3.05) is 6.61 Å². The molecule has 1 aromatic carbocycles. The van der Waals surface area contributed by atoms with E-state index in [0.29, 0.717) is 5.69 Å². The normalized spacial score (nSPS) is 25.1. The van der Waals surface area contributed by atoms with Gasteiger partial charge in [-0.15, -0.1) is 5.10 Å². The first kappa shape index (κ1) is 19.2. The van der Waals surface area contributed by atoms with E-state index >= 15 is 0 Å². The Morgan fingerprint density at radius 2 is 1.96 bits per heavy atom. The molecule has 0 spiro atoms.